The summed E-state index contributed by atoms with van der Waals surface area (Å²) >= 11 is 6.11. The molecule has 0 N–H and O–H groups in total. The third-order valence-electron chi connectivity index (χ3n) is 2.70. The molecule has 0 fully saturated rings. The normalized spacial score (nSPS) is 12.4. The molecule has 4 heteroatoms. The number of carbonyl (C=O) groups excluding carboxylic acids is 1. The first-order valence-corrected chi connectivity index (χ1v) is 5.93. The first-order chi connectivity index (χ1) is 8.49. The molecule has 18 heavy (non-hydrogen) atoms. The summed E-state index contributed by atoms with van der Waals surface area (Å²) in [4.78, 5) is 12.2. The lowest BCUT2D eigenvalue weighted by Crippen LogP contribution is -2.07. The quantitative estimate of drug-likeness (QED) is 0.616. The van der Waals surface area contributed by atoms with Gasteiger partial charge in [0.15, 0.2) is 5.78 Å². The molecule has 0 aliphatic carbocycles. The van der Waals surface area contributed by atoms with E-state index in [-0.39, 0.29) is 11.6 Å². The van der Waals surface area contributed by atoms with Crippen LogP contribution in [0.1, 0.15) is 32.8 Å². The molecule has 0 radical (unpaired) electrons. The molecule has 0 aliphatic rings. The van der Waals surface area contributed by atoms with Crippen molar-refractivity contribution in [3.63, 3.8) is 0 Å². The number of benzene rings is 1. The second kappa shape index (κ2) is 4.94. The van der Waals surface area contributed by atoms with Gasteiger partial charge in [-0.3, -0.25) is 4.79 Å². The molecule has 0 amide bonds. The van der Waals surface area contributed by atoms with Crippen LogP contribution in [0.2, 0.25) is 0 Å². The third kappa shape index (κ3) is 2.46. The number of halogens is 2. The maximum atomic E-state index is 12.8. The SMILES string of the molecule is Cc1cc(C(=O)C(Cl)c2ccc(F)cc2)c(C)o1. The fourth-order valence-electron chi connectivity index (χ4n) is 1.80. The summed E-state index contributed by atoms with van der Waals surface area (Å²) in [5, 5.41) is -0.832. The molecule has 1 aromatic carbocycles. The predicted molar refractivity (Wildman–Crippen MR) is 67.5 cm³/mol. The molecule has 0 saturated heterocycles. The molecule has 2 aromatic rings. The Morgan fingerprint density at radius 2 is 1.89 bits per heavy atom. The number of alkyl halides is 1. The van der Waals surface area contributed by atoms with Gasteiger partial charge in [0.05, 0.1) is 5.56 Å². The van der Waals surface area contributed by atoms with E-state index in [9.17, 15) is 9.18 Å². The largest absolute Gasteiger partial charge is 0.466 e. The van der Waals surface area contributed by atoms with Gasteiger partial charge in [0.1, 0.15) is 22.7 Å². The fourth-order valence-corrected chi connectivity index (χ4v) is 2.06. The van der Waals surface area contributed by atoms with E-state index in [0.29, 0.717) is 22.6 Å². The summed E-state index contributed by atoms with van der Waals surface area (Å²) in [5.41, 5.74) is 1.04. The van der Waals surface area contributed by atoms with Gasteiger partial charge in [-0.1, -0.05) is 12.1 Å². The molecule has 1 unspecified atom stereocenters. The van der Waals surface area contributed by atoms with Gasteiger partial charge in [-0.15, -0.1) is 11.6 Å². The van der Waals surface area contributed by atoms with Crippen LogP contribution in [0.3, 0.4) is 0 Å². The molecular formula is C14H12ClFO2. The van der Waals surface area contributed by atoms with Crippen molar-refractivity contribution in [3.05, 3.63) is 58.8 Å². The van der Waals surface area contributed by atoms with Crippen LogP contribution in [0, 0.1) is 19.7 Å². The molecule has 0 spiro atoms. The van der Waals surface area contributed by atoms with Crippen LogP contribution in [-0.4, -0.2) is 5.78 Å². The Morgan fingerprint density at radius 3 is 2.39 bits per heavy atom. The van der Waals surface area contributed by atoms with Crippen LogP contribution in [0.25, 0.3) is 0 Å². The minimum Gasteiger partial charge on any atom is -0.466 e. The van der Waals surface area contributed by atoms with Crippen molar-refractivity contribution >= 4 is 17.4 Å². The van der Waals surface area contributed by atoms with Crippen molar-refractivity contribution in [1.82, 2.24) is 0 Å². The Bertz CT molecular complexity index is 572. The van der Waals surface area contributed by atoms with Gasteiger partial charge in [-0.05, 0) is 37.6 Å². The summed E-state index contributed by atoms with van der Waals surface area (Å²) in [6.45, 7) is 3.49. The van der Waals surface area contributed by atoms with Crippen molar-refractivity contribution in [2.75, 3.05) is 0 Å². The number of ketones is 1. The van der Waals surface area contributed by atoms with Crippen LogP contribution < -0.4 is 0 Å². The number of Topliss-reactive ketones (excluding diaryl/α,β-unsaturated/α-hetero) is 1. The van der Waals surface area contributed by atoms with E-state index in [4.69, 9.17) is 16.0 Å². The zero-order valence-electron chi connectivity index (χ0n) is 10.0. The van der Waals surface area contributed by atoms with Crippen molar-refractivity contribution in [2.24, 2.45) is 0 Å². The van der Waals surface area contributed by atoms with Gasteiger partial charge >= 0.3 is 0 Å². The first kappa shape index (κ1) is 12.8. The minimum atomic E-state index is -0.832. The molecular weight excluding hydrogens is 255 g/mol. The smallest absolute Gasteiger partial charge is 0.188 e. The van der Waals surface area contributed by atoms with Gasteiger partial charge in [0, 0.05) is 0 Å². The lowest BCUT2D eigenvalue weighted by atomic mass is 10.0. The summed E-state index contributed by atoms with van der Waals surface area (Å²) in [7, 11) is 0. The number of hydrogen-bond acceptors (Lipinski definition) is 2. The summed E-state index contributed by atoms with van der Waals surface area (Å²) in [6.07, 6.45) is 0. The second-order valence-corrected chi connectivity index (χ2v) is 4.54. The van der Waals surface area contributed by atoms with E-state index < -0.39 is 5.38 Å². The van der Waals surface area contributed by atoms with Crippen molar-refractivity contribution in [1.29, 1.82) is 0 Å². The Morgan fingerprint density at radius 1 is 1.28 bits per heavy atom. The molecule has 0 bridgehead atoms. The van der Waals surface area contributed by atoms with Crippen molar-refractivity contribution in [3.8, 4) is 0 Å². The van der Waals surface area contributed by atoms with E-state index in [1.807, 2.05) is 0 Å². The van der Waals surface area contributed by atoms with Gasteiger partial charge in [0.2, 0.25) is 0 Å². The maximum Gasteiger partial charge on any atom is 0.188 e. The van der Waals surface area contributed by atoms with Gasteiger partial charge < -0.3 is 4.42 Å². The number of carbonyl (C=O) groups is 1. The zero-order valence-corrected chi connectivity index (χ0v) is 10.8. The lowest BCUT2D eigenvalue weighted by molar-refractivity contribution is 0.0985. The van der Waals surface area contributed by atoms with Crippen LogP contribution in [0.5, 0.6) is 0 Å². The highest BCUT2D eigenvalue weighted by Crippen LogP contribution is 2.27. The number of furan rings is 1. The van der Waals surface area contributed by atoms with Crippen LogP contribution in [-0.2, 0) is 0 Å². The summed E-state index contributed by atoms with van der Waals surface area (Å²) < 4.78 is 18.1. The molecule has 1 heterocycles. The fraction of sp³-hybridized carbons (Fsp3) is 0.214. The third-order valence-corrected chi connectivity index (χ3v) is 3.15. The molecule has 2 nitrogen and oxygen atoms in total. The Balaban J connectivity index is 2.29. The highest BCUT2D eigenvalue weighted by molar-refractivity contribution is 6.34. The Kier molecular flexibility index (Phi) is 3.53. The molecule has 94 valence electrons. The van der Waals surface area contributed by atoms with Crippen LogP contribution in [0.15, 0.2) is 34.7 Å². The number of hydrogen-bond donors (Lipinski definition) is 0. The van der Waals surface area contributed by atoms with Crippen molar-refractivity contribution < 1.29 is 13.6 Å². The van der Waals surface area contributed by atoms with Gasteiger partial charge in [-0.2, -0.15) is 0 Å². The zero-order chi connectivity index (χ0) is 13.3. The summed E-state index contributed by atoms with van der Waals surface area (Å²) in [6, 6.07) is 7.24. The number of aryl methyl sites for hydroxylation is 2. The standard InChI is InChI=1S/C14H12ClFO2/c1-8-7-12(9(2)18-8)14(17)13(15)10-3-5-11(16)6-4-10/h3-7,13H,1-2H3. The second-order valence-electron chi connectivity index (χ2n) is 4.11. The van der Waals surface area contributed by atoms with Crippen LogP contribution >= 0.6 is 11.6 Å². The van der Waals surface area contributed by atoms with E-state index in [0.717, 1.165) is 0 Å². The van der Waals surface area contributed by atoms with E-state index >= 15 is 0 Å². The van der Waals surface area contributed by atoms with Crippen LogP contribution in [0.4, 0.5) is 4.39 Å². The highest BCUT2D eigenvalue weighted by atomic mass is 35.5. The van der Waals surface area contributed by atoms with Gasteiger partial charge in [-0.25, -0.2) is 4.39 Å². The summed E-state index contributed by atoms with van der Waals surface area (Å²) in [5.74, 6) is 0.618. The topological polar surface area (TPSA) is 30.2 Å². The Hall–Kier alpha value is -1.61. The molecule has 2 rings (SSSR count). The van der Waals surface area contributed by atoms with Crippen molar-refractivity contribution in [2.45, 2.75) is 19.2 Å². The molecule has 0 saturated carbocycles. The average molecular weight is 267 g/mol. The molecule has 0 aliphatic heterocycles. The Labute approximate surface area is 109 Å². The monoisotopic (exact) mass is 266 g/mol. The highest BCUT2D eigenvalue weighted by Gasteiger charge is 2.23. The van der Waals surface area contributed by atoms with E-state index in [1.165, 1.54) is 24.3 Å². The van der Waals surface area contributed by atoms with E-state index in [1.54, 1.807) is 19.9 Å². The average Bonchev–Trinajstić information content (AvgIpc) is 2.67. The maximum absolute atomic E-state index is 12.8. The van der Waals surface area contributed by atoms with Gasteiger partial charge in [0.25, 0.3) is 0 Å². The molecule has 1 aromatic heterocycles. The molecule has 1 atom stereocenters. The minimum absolute atomic E-state index is 0.238. The van der Waals surface area contributed by atoms with E-state index in [2.05, 4.69) is 0 Å². The predicted octanol–water partition coefficient (Wildman–Crippen LogP) is 4.20. The first-order valence-electron chi connectivity index (χ1n) is 5.50. The lowest BCUT2D eigenvalue weighted by Gasteiger charge is -2.07. The number of rotatable bonds is 3.